The highest BCUT2D eigenvalue weighted by molar-refractivity contribution is 6.31. The number of nitrogens with zero attached hydrogens (tertiary/aromatic N) is 2. The Morgan fingerprint density at radius 1 is 1.13 bits per heavy atom. The zero-order valence-corrected chi connectivity index (χ0v) is 16.7. The zero-order chi connectivity index (χ0) is 23.2. The maximum atomic E-state index is 13.9. The number of hydrogen-bond acceptors (Lipinski definition) is 2. The summed E-state index contributed by atoms with van der Waals surface area (Å²) in [6.45, 7) is -1.90. The quantitative estimate of drug-likeness (QED) is 0.323. The van der Waals surface area contributed by atoms with Crippen LogP contribution in [0.4, 0.5) is 20.6 Å². The van der Waals surface area contributed by atoms with E-state index in [1.54, 1.807) is 48.9 Å². The van der Waals surface area contributed by atoms with Crippen LogP contribution in [0, 0.1) is 5.82 Å². The summed E-state index contributed by atoms with van der Waals surface area (Å²) in [6.07, 6.45) is 4.87. The topological polar surface area (TPSA) is 74.7 Å². The summed E-state index contributed by atoms with van der Waals surface area (Å²) in [6, 6.07) is 13.7. The first-order chi connectivity index (χ1) is 15.8. The van der Waals surface area contributed by atoms with Gasteiger partial charge in [0, 0.05) is 40.9 Å². The van der Waals surface area contributed by atoms with Crippen LogP contribution in [0.5, 0.6) is 0 Å². The van der Waals surface area contributed by atoms with Gasteiger partial charge < -0.3 is 20.2 Å². The number of carbonyl (C=O) groups is 1. The highest BCUT2D eigenvalue weighted by Crippen LogP contribution is 2.27. The second kappa shape index (κ2) is 7.77. The predicted octanol–water partition coefficient (Wildman–Crippen LogP) is 6.00. The first-order valence-electron chi connectivity index (χ1n) is 10.4. The summed E-state index contributed by atoms with van der Waals surface area (Å²) in [4.78, 5) is 19.7. The Bertz CT molecular complexity index is 1510. The minimum Gasteiger partial charge on any atom is -0.346 e. The number of urea groups is 1. The van der Waals surface area contributed by atoms with E-state index in [1.165, 1.54) is 22.8 Å². The first kappa shape index (κ1) is 16.9. The van der Waals surface area contributed by atoms with E-state index in [0.717, 1.165) is 0 Å². The Balaban J connectivity index is 1.48. The Morgan fingerprint density at radius 3 is 2.90 bits per heavy atom. The zero-order valence-electron chi connectivity index (χ0n) is 18.0. The number of hydrogen-bond donors (Lipinski definition) is 3. The summed E-state index contributed by atoms with van der Waals surface area (Å²) in [7, 11) is 0. The normalized spacial score (nSPS) is 12.6. The number of carbonyl (C=O) groups excluding carboxylic acids is 1. The highest BCUT2D eigenvalue weighted by atomic mass is 35.5. The predicted molar refractivity (Wildman–Crippen MR) is 121 cm³/mol. The van der Waals surface area contributed by atoms with Crippen molar-refractivity contribution >= 4 is 50.9 Å². The van der Waals surface area contributed by atoms with E-state index in [9.17, 15) is 9.18 Å². The Morgan fingerprint density at radius 2 is 2.00 bits per heavy atom. The van der Waals surface area contributed by atoms with E-state index in [4.69, 9.17) is 14.3 Å². The molecule has 0 atom stereocenters. The van der Waals surface area contributed by atoms with Gasteiger partial charge in [-0.1, -0.05) is 17.7 Å². The molecule has 3 N–H and O–H groups in total. The van der Waals surface area contributed by atoms with E-state index >= 15 is 0 Å². The van der Waals surface area contributed by atoms with Crippen LogP contribution < -0.4 is 10.6 Å². The molecule has 0 saturated carbocycles. The molecule has 0 spiro atoms. The summed E-state index contributed by atoms with van der Waals surface area (Å²) < 4.78 is 33.1. The van der Waals surface area contributed by atoms with Crippen molar-refractivity contribution < 1.29 is 11.9 Å². The van der Waals surface area contributed by atoms with Gasteiger partial charge >= 0.3 is 6.03 Å². The second-order valence-corrected chi connectivity index (χ2v) is 7.28. The van der Waals surface area contributed by atoms with Gasteiger partial charge in [-0.25, -0.2) is 14.2 Å². The molecule has 3 aromatic heterocycles. The number of aromatic nitrogens is 3. The molecular weight excluding hydrogens is 417 g/mol. The number of amides is 2. The molecule has 0 aliphatic heterocycles. The van der Waals surface area contributed by atoms with Gasteiger partial charge in [-0.2, -0.15) is 0 Å². The monoisotopic (exact) mass is 435 g/mol. The first-order valence-corrected chi connectivity index (χ1v) is 9.78. The minimum atomic E-state index is -1.90. The van der Waals surface area contributed by atoms with Crippen molar-refractivity contribution in [3.8, 4) is 0 Å². The lowest BCUT2D eigenvalue weighted by molar-refractivity contribution is 0.262. The number of fused-ring (bicyclic) bond motifs is 2. The van der Waals surface area contributed by atoms with Gasteiger partial charge in [0.25, 0.3) is 0 Å². The SMILES string of the molecule is [2H]C([2H])(c1c[nH]c2ncccc12)n1ccc2c(NC(=O)Nc3cc(Cl)ccc3F)cccc21. The standard InChI is InChI=1S/C23H17ClFN5O/c24-15-6-7-18(25)20(11-15)29-23(31)28-19-4-1-5-21-17(19)8-10-30(21)13-14-12-27-22-16(14)3-2-9-26-22/h1-12H,13H2,(H,26,27)(H2,28,29,31)/i13D2. The van der Waals surface area contributed by atoms with Gasteiger partial charge in [-0.15, -0.1) is 0 Å². The molecule has 0 fully saturated rings. The van der Waals surface area contributed by atoms with Gasteiger partial charge in [0.05, 0.1) is 19.6 Å². The molecule has 0 bridgehead atoms. The number of pyridine rings is 1. The largest absolute Gasteiger partial charge is 0.346 e. The third kappa shape index (κ3) is 3.71. The van der Waals surface area contributed by atoms with Crippen LogP contribution in [0.2, 0.25) is 5.02 Å². The molecule has 154 valence electrons. The van der Waals surface area contributed by atoms with E-state index < -0.39 is 18.3 Å². The van der Waals surface area contributed by atoms with Crippen molar-refractivity contribution in [2.75, 3.05) is 10.6 Å². The fraction of sp³-hybridized carbons (Fsp3) is 0.0435. The highest BCUT2D eigenvalue weighted by Gasteiger charge is 2.12. The molecule has 0 unspecified atom stereocenters. The number of rotatable bonds is 4. The van der Waals surface area contributed by atoms with Crippen molar-refractivity contribution in [2.45, 2.75) is 6.50 Å². The maximum Gasteiger partial charge on any atom is 0.323 e. The number of benzene rings is 2. The molecule has 0 saturated heterocycles. The minimum absolute atomic E-state index is 0.0472. The lowest BCUT2D eigenvalue weighted by Crippen LogP contribution is -2.20. The fourth-order valence-corrected chi connectivity index (χ4v) is 3.59. The van der Waals surface area contributed by atoms with E-state index in [1.807, 2.05) is 6.07 Å². The van der Waals surface area contributed by atoms with Gasteiger partial charge in [0.2, 0.25) is 0 Å². The third-order valence-corrected chi connectivity index (χ3v) is 5.08. The number of halogens is 2. The molecule has 8 heteroatoms. The summed E-state index contributed by atoms with van der Waals surface area (Å²) in [5.74, 6) is -0.611. The fourth-order valence-electron chi connectivity index (χ4n) is 3.42. The third-order valence-electron chi connectivity index (χ3n) is 4.85. The van der Waals surface area contributed by atoms with Crippen LogP contribution in [-0.2, 0) is 6.50 Å². The van der Waals surface area contributed by atoms with Crippen LogP contribution in [0.25, 0.3) is 21.9 Å². The number of nitrogens with one attached hydrogen (secondary N) is 3. The van der Waals surface area contributed by atoms with Crippen molar-refractivity contribution in [3.63, 3.8) is 0 Å². The average Bonchev–Trinajstić information content (AvgIpc) is 3.42. The van der Waals surface area contributed by atoms with Crippen molar-refractivity contribution in [1.29, 1.82) is 0 Å². The molecule has 0 aliphatic carbocycles. The van der Waals surface area contributed by atoms with Gasteiger partial charge in [0.15, 0.2) is 0 Å². The second-order valence-electron chi connectivity index (χ2n) is 6.84. The van der Waals surface area contributed by atoms with Crippen LogP contribution in [0.15, 0.2) is 73.2 Å². The van der Waals surface area contributed by atoms with Crippen molar-refractivity contribution in [1.82, 2.24) is 14.5 Å². The maximum absolute atomic E-state index is 13.9. The molecular formula is C23H17ClFN5O. The van der Waals surface area contributed by atoms with Gasteiger partial charge in [0.1, 0.15) is 11.5 Å². The van der Waals surface area contributed by atoms with Crippen LogP contribution in [0.1, 0.15) is 8.30 Å². The molecule has 3 heterocycles. The van der Waals surface area contributed by atoms with Gasteiger partial charge in [-0.05, 0) is 54.1 Å². The molecule has 31 heavy (non-hydrogen) atoms. The summed E-state index contributed by atoms with van der Waals surface area (Å²) in [5.41, 5.74) is 2.01. The number of H-pyrrole nitrogens is 1. The molecule has 6 nitrogen and oxygen atoms in total. The van der Waals surface area contributed by atoms with Crippen molar-refractivity contribution in [3.05, 3.63) is 89.6 Å². The number of anilines is 2. The Hall–Kier alpha value is -3.84. The lowest BCUT2D eigenvalue weighted by atomic mass is 10.2. The Labute approximate surface area is 184 Å². The van der Waals surface area contributed by atoms with E-state index in [0.29, 0.717) is 38.2 Å². The lowest BCUT2D eigenvalue weighted by Gasteiger charge is -2.10. The van der Waals surface area contributed by atoms with Crippen LogP contribution in [0.3, 0.4) is 0 Å². The van der Waals surface area contributed by atoms with Crippen molar-refractivity contribution in [2.24, 2.45) is 0 Å². The smallest absolute Gasteiger partial charge is 0.323 e. The average molecular weight is 436 g/mol. The van der Waals surface area contributed by atoms with Crippen LogP contribution in [-0.4, -0.2) is 20.6 Å². The molecule has 0 radical (unpaired) electrons. The van der Waals surface area contributed by atoms with E-state index in [-0.39, 0.29) is 5.69 Å². The summed E-state index contributed by atoms with van der Waals surface area (Å²) >= 11 is 5.88. The summed E-state index contributed by atoms with van der Waals surface area (Å²) in [5, 5.41) is 6.74. The molecule has 2 aromatic carbocycles. The molecule has 0 aliphatic rings. The van der Waals surface area contributed by atoms with E-state index in [2.05, 4.69) is 20.6 Å². The number of aromatic amines is 1. The Kier molecular flexibility index (Phi) is 4.24. The van der Waals surface area contributed by atoms with Gasteiger partial charge in [-0.3, -0.25) is 0 Å². The van der Waals surface area contributed by atoms with Crippen LogP contribution >= 0.6 is 11.6 Å². The molecule has 2 amide bonds. The molecule has 5 rings (SSSR count). The molecule has 5 aromatic rings.